The molecule has 0 aromatic heterocycles. The van der Waals surface area contributed by atoms with E-state index >= 15 is 0 Å². The number of benzene rings is 9. The zero-order valence-electron chi connectivity index (χ0n) is 24.2. The summed E-state index contributed by atoms with van der Waals surface area (Å²) in [6, 6.07) is 62.4. The van der Waals surface area contributed by atoms with E-state index in [1.807, 2.05) is 0 Å². The van der Waals surface area contributed by atoms with Gasteiger partial charge in [0.05, 0.1) is 0 Å². The minimum Gasteiger partial charge on any atom is -0.0616 e. The third kappa shape index (κ3) is 4.15. The summed E-state index contributed by atoms with van der Waals surface area (Å²) in [7, 11) is 0. The lowest BCUT2D eigenvalue weighted by Crippen LogP contribution is -1.84. The third-order valence-electron chi connectivity index (χ3n) is 9.22. The van der Waals surface area contributed by atoms with Crippen LogP contribution < -0.4 is 0 Å². The van der Waals surface area contributed by atoms with Gasteiger partial charge in [-0.25, -0.2) is 0 Å². The first-order valence-corrected chi connectivity index (χ1v) is 15.2. The SMILES string of the molecule is c1ccc2c(c1)ccc1cc(-c3ccc(-c4ccc5cc(-c6ccc7c(ccc8ccccc87)c6)ccc5c4)cc3)ccc12. The van der Waals surface area contributed by atoms with E-state index in [9.17, 15) is 0 Å². The zero-order valence-corrected chi connectivity index (χ0v) is 24.2. The molecule has 9 aromatic rings. The Kier molecular flexibility index (Phi) is 5.61. The van der Waals surface area contributed by atoms with Gasteiger partial charge in [-0.05, 0) is 112 Å². The molecule has 0 N–H and O–H groups in total. The lowest BCUT2D eigenvalue weighted by atomic mass is 9.94. The molecule has 44 heavy (non-hydrogen) atoms. The molecule has 0 atom stereocenters. The van der Waals surface area contributed by atoms with Gasteiger partial charge in [0, 0.05) is 0 Å². The van der Waals surface area contributed by atoms with E-state index in [0.717, 1.165) is 0 Å². The highest BCUT2D eigenvalue weighted by Gasteiger charge is 2.08. The number of hydrogen-bond donors (Lipinski definition) is 0. The minimum absolute atomic E-state index is 1.23. The van der Waals surface area contributed by atoms with Crippen LogP contribution in [0.1, 0.15) is 0 Å². The van der Waals surface area contributed by atoms with Gasteiger partial charge in [-0.15, -0.1) is 0 Å². The lowest BCUT2D eigenvalue weighted by molar-refractivity contribution is 1.61. The average molecular weight is 557 g/mol. The summed E-state index contributed by atoms with van der Waals surface area (Å²) in [4.78, 5) is 0. The van der Waals surface area contributed by atoms with Crippen molar-refractivity contribution in [3.8, 4) is 33.4 Å². The Hall–Kier alpha value is -5.72. The summed E-state index contributed by atoms with van der Waals surface area (Å²) >= 11 is 0. The van der Waals surface area contributed by atoms with E-state index in [2.05, 4.69) is 170 Å². The van der Waals surface area contributed by atoms with Crippen LogP contribution in [0.4, 0.5) is 0 Å². The first kappa shape index (κ1) is 24.8. The summed E-state index contributed by atoms with van der Waals surface area (Å²) in [5.74, 6) is 0. The van der Waals surface area contributed by atoms with Gasteiger partial charge in [0.25, 0.3) is 0 Å². The Balaban J connectivity index is 1.01. The highest BCUT2D eigenvalue weighted by atomic mass is 14.1. The van der Waals surface area contributed by atoms with E-state index in [4.69, 9.17) is 0 Å². The molecule has 0 aliphatic carbocycles. The van der Waals surface area contributed by atoms with E-state index in [1.54, 1.807) is 0 Å². The van der Waals surface area contributed by atoms with Crippen LogP contribution in [0.15, 0.2) is 170 Å². The molecule has 0 spiro atoms. The smallest absolute Gasteiger partial charge is 0.0105 e. The van der Waals surface area contributed by atoms with Gasteiger partial charge < -0.3 is 0 Å². The van der Waals surface area contributed by atoms with Crippen molar-refractivity contribution >= 4 is 53.9 Å². The molecule has 0 bridgehead atoms. The standard InChI is InChI=1S/C44H28/c1-3-7-41-31(5-1)13-19-39-27-34(21-23-43(39)41)30-11-9-29(10-12-30)33-15-16-36-26-37(18-17-35(36)25-33)38-22-24-44-40(28-38)20-14-32-6-2-4-8-42(32)44/h1-28H. The summed E-state index contributed by atoms with van der Waals surface area (Å²) in [6.07, 6.45) is 0. The van der Waals surface area contributed by atoms with Crippen LogP contribution in [0.3, 0.4) is 0 Å². The second-order valence-electron chi connectivity index (χ2n) is 11.8. The van der Waals surface area contributed by atoms with E-state index in [0.29, 0.717) is 0 Å². The van der Waals surface area contributed by atoms with Crippen molar-refractivity contribution in [3.63, 3.8) is 0 Å². The van der Waals surface area contributed by atoms with Gasteiger partial charge in [0.15, 0.2) is 0 Å². The van der Waals surface area contributed by atoms with Crippen LogP contribution in [0.5, 0.6) is 0 Å². The number of hydrogen-bond acceptors (Lipinski definition) is 0. The maximum absolute atomic E-state index is 2.32. The molecule has 0 saturated heterocycles. The van der Waals surface area contributed by atoms with Gasteiger partial charge in [-0.3, -0.25) is 0 Å². The fourth-order valence-electron chi connectivity index (χ4n) is 6.85. The Labute approximate surface area is 256 Å². The van der Waals surface area contributed by atoms with Gasteiger partial charge in [0.1, 0.15) is 0 Å². The fourth-order valence-corrected chi connectivity index (χ4v) is 6.85. The van der Waals surface area contributed by atoms with Crippen LogP contribution in [0.25, 0.3) is 87.2 Å². The molecule has 9 rings (SSSR count). The van der Waals surface area contributed by atoms with Crippen LogP contribution in [0, 0.1) is 0 Å². The van der Waals surface area contributed by atoms with Crippen molar-refractivity contribution in [1.82, 2.24) is 0 Å². The maximum atomic E-state index is 2.32. The molecule has 0 aliphatic rings. The average Bonchev–Trinajstić information content (AvgIpc) is 3.10. The van der Waals surface area contributed by atoms with Crippen molar-refractivity contribution < 1.29 is 0 Å². The third-order valence-corrected chi connectivity index (χ3v) is 9.22. The van der Waals surface area contributed by atoms with Crippen LogP contribution >= 0.6 is 0 Å². The molecule has 0 heteroatoms. The molecular weight excluding hydrogens is 528 g/mol. The van der Waals surface area contributed by atoms with E-state index in [1.165, 1.54) is 87.2 Å². The summed E-state index contributed by atoms with van der Waals surface area (Å²) in [5.41, 5.74) is 7.43. The van der Waals surface area contributed by atoms with Crippen LogP contribution in [-0.4, -0.2) is 0 Å². The van der Waals surface area contributed by atoms with Crippen molar-refractivity contribution in [2.75, 3.05) is 0 Å². The molecule has 0 heterocycles. The second kappa shape index (κ2) is 9.93. The molecule has 0 radical (unpaired) electrons. The number of fused-ring (bicyclic) bond motifs is 7. The molecule has 0 amide bonds. The van der Waals surface area contributed by atoms with E-state index in [-0.39, 0.29) is 0 Å². The molecule has 0 unspecified atom stereocenters. The topological polar surface area (TPSA) is 0 Å². The lowest BCUT2D eigenvalue weighted by Gasteiger charge is -2.10. The first-order valence-electron chi connectivity index (χ1n) is 15.2. The molecule has 0 saturated carbocycles. The summed E-state index contributed by atoms with van der Waals surface area (Å²) < 4.78 is 0. The van der Waals surface area contributed by atoms with Crippen molar-refractivity contribution in [1.29, 1.82) is 0 Å². The normalized spacial score (nSPS) is 11.6. The molecule has 0 fully saturated rings. The van der Waals surface area contributed by atoms with Crippen molar-refractivity contribution in [3.05, 3.63) is 170 Å². The van der Waals surface area contributed by atoms with E-state index < -0.39 is 0 Å². The molecule has 9 aromatic carbocycles. The molecule has 204 valence electrons. The van der Waals surface area contributed by atoms with Crippen molar-refractivity contribution in [2.24, 2.45) is 0 Å². The number of rotatable bonds is 3. The minimum atomic E-state index is 1.23. The highest BCUT2D eigenvalue weighted by molar-refractivity contribution is 6.09. The Morgan fingerprint density at radius 3 is 0.955 bits per heavy atom. The van der Waals surface area contributed by atoms with Gasteiger partial charge in [-0.2, -0.15) is 0 Å². The van der Waals surface area contributed by atoms with Crippen LogP contribution in [0.2, 0.25) is 0 Å². The Bertz CT molecular complexity index is 2530. The van der Waals surface area contributed by atoms with Gasteiger partial charge in [-0.1, -0.05) is 146 Å². The predicted octanol–water partition coefficient (Wildman–Crippen LogP) is 12.5. The molecule has 0 aliphatic heterocycles. The first-order chi connectivity index (χ1) is 21.8. The van der Waals surface area contributed by atoms with Crippen LogP contribution in [-0.2, 0) is 0 Å². The largest absolute Gasteiger partial charge is 0.0616 e. The Morgan fingerprint density at radius 2 is 0.477 bits per heavy atom. The second-order valence-corrected chi connectivity index (χ2v) is 11.8. The quantitative estimate of drug-likeness (QED) is 0.190. The van der Waals surface area contributed by atoms with Gasteiger partial charge >= 0.3 is 0 Å². The zero-order chi connectivity index (χ0) is 29.0. The fraction of sp³-hybridized carbons (Fsp3) is 0. The predicted molar refractivity (Wildman–Crippen MR) is 190 cm³/mol. The summed E-state index contributed by atoms with van der Waals surface area (Å²) in [6.45, 7) is 0. The highest BCUT2D eigenvalue weighted by Crippen LogP contribution is 2.34. The molecular formula is C44H28. The Morgan fingerprint density at radius 1 is 0.182 bits per heavy atom. The monoisotopic (exact) mass is 556 g/mol. The maximum Gasteiger partial charge on any atom is -0.0105 e. The van der Waals surface area contributed by atoms with Gasteiger partial charge in [0.2, 0.25) is 0 Å². The molecule has 0 nitrogen and oxygen atoms in total. The summed E-state index contributed by atoms with van der Waals surface area (Å²) in [5, 5.41) is 12.8. The van der Waals surface area contributed by atoms with Crippen molar-refractivity contribution in [2.45, 2.75) is 0 Å².